The third-order valence-electron chi connectivity index (χ3n) is 3.07. The zero-order chi connectivity index (χ0) is 15.0. The Hall–Kier alpha value is -1.23. The highest BCUT2D eigenvalue weighted by molar-refractivity contribution is 5.25. The molecule has 114 valence electrons. The van der Waals surface area contributed by atoms with Crippen LogP contribution in [0.3, 0.4) is 0 Å². The highest BCUT2D eigenvalue weighted by atomic mass is 19.4. The summed E-state index contributed by atoms with van der Waals surface area (Å²) in [5.74, 6) is 0.0840. The molecule has 0 aliphatic heterocycles. The van der Waals surface area contributed by atoms with Gasteiger partial charge in [-0.05, 0) is 24.1 Å². The van der Waals surface area contributed by atoms with E-state index in [9.17, 15) is 13.2 Å². The standard InChI is InChI=1S/C15H21F3O2/c1-2-3-4-5-6-14(15(16,17)18)20-11-12-7-9-13(19)10-8-12/h7-10,14,19H,2-6,11H2,1H3. The van der Waals surface area contributed by atoms with E-state index < -0.39 is 12.3 Å². The molecule has 0 heterocycles. The zero-order valence-corrected chi connectivity index (χ0v) is 11.6. The maximum absolute atomic E-state index is 12.8. The van der Waals surface area contributed by atoms with E-state index in [0.29, 0.717) is 12.0 Å². The Kier molecular flexibility index (Phi) is 6.85. The number of halogens is 3. The third kappa shape index (κ3) is 6.28. The lowest BCUT2D eigenvalue weighted by Gasteiger charge is -2.21. The van der Waals surface area contributed by atoms with Crippen molar-refractivity contribution in [3.8, 4) is 5.75 Å². The van der Waals surface area contributed by atoms with Crippen LogP contribution in [0.2, 0.25) is 0 Å². The fourth-order valence-corrected chi connectivity index (χ4v) is 1.89. The predicted molar refractivity (Wildman–Crippen MR) is 71.5 cm³/mol. The summed E-state index contributed by atoms with van der Waals surface area (Å²) in [4.78, 5) is 0. The van der Waals surface area contributed by atoms with Gasteiger partial charge in [0.15, 0.2) is 6.10 Å². The molecule has 0 bridgehead atoms. The normalized spacial score (nSPS) is 13.4. The quantitative estimate of drug-likeness (QED) is 0.696. The summed E-state index contributed by atoms with van der Waals surface area (Å²) in [5, 5.41) is 9.11. The molecule has 1 aromatic carbocycles. The second kappa shape index (κ2) is 8.15. The van der Waals surface area contributed by atoms with Crippen molar-refractivity contribution in [3.05, 3.63) is 29.8 Å². The average Bonchev–Trinajstić information content (AvgIpc) is 2.38. The van der Waals surface area contributed by atoms with Gasteiger partial charge in [0.25, 0.3) is 0 Å². The maximum atomic E-state index is 12.8. The molecule has 0 aliphatic carbocycles. The maximum Gasteiger partial charge on any atom is 0.414 e. The molecule has 1 unspecified atom stereocenters. The minimum Gasteiger partial charge on any atom is -0.508 e. The fourth-order valence-electron chi connectivity index (χ4n) is 1.89. The molecule has 5 heteroatoms. The lowest BCUT2D eigenvalue weighted by Crippen LogP contribution is -2.31. The summed E-state index contributed by atoms with van der Waals surface area (Å²) in [7, 11) is 0. The second-order valence-electron chi connectivity index (χ2n) is 4.86. The van der Waals surface area contributed by atoms with Gasteiger partial charge in [0.1, 0.15) is 5.75 Å². The molecule has 0 aromatic heterocycles. The number of alkyl halides is 3. The summed E-state index contributed by atoms with van der Waals surface area (Å²) in [6.07, 6.45) is -2.79. The average molecular weight is 290 g/mol. The molecule has 0 saturated heterocycles. The lowest BCUT2D eigenvalue weighted by atomic mass is 10.1. The van der Waals surface area contributed by atoms with E-state index in [1.54, 1.807) is 12.1 Å². The van der Waals surface area contributed by atoms with Crippen LogP contribution in [-0.4, -0.2) is 17.4 Å². The van der Waals surface area contributed by atoms with Crippen LogP contribution in [0.1, 0.15) is 44.6 Å². The second-order valence-corrected chi connectivity index (χ2v) is 4.86. The number of unbranched alkanes of at least 4 members (excludes halogenated alkanes) is 3. The Balaban J connectivity index is 2.46. The van der Waals surface area contributed by atoms with Crippen molar-refractivity contribution in [3.63, 3.8) is 0 Å². The SMILES string of the molecule is CCCCCCC(OCc1ccc(O)cc1)C(F)(F)F. The first-order valence-corrected chi connectivity index (χ1v) is 6.89. The van der Waals surface area contributed by atoms with Crippen LogP contribution in [0.25, 0.3) is 0 Å². The smallest absolute Gasteiger partial charge is 0.414 e. The fraction of sp³-hybridized carbons (Fsp3) is 0.600. The summed E-state index contributed by atoms with van der Waals surface area (Å²) >= 11 is 0. The van der Waals surface area contributed by atoms with Crippen molar-refractivity contribution in [2.24, 2.45) is 0 Å². The first kappa shape index (κ1) is 16.8. The van der Waals surface area contributed by atoms with E-state index in [1.807, 2.05) is 6.92 Å². The first-order chi connectivity index (χ1) is 9.43. The van der Waals surface area contributed by atoms with Crippen LogP contribution in [0.15, 0.2) is 24.3 Å². The molecule has 0 fully saturated rings. The van der Waals surface area contributed by atoms with Gasteiger partial charge in [0, 0.05) is 0 Å². The van der Waals surface area contributed by atoms with Crippen molar-refractivity contribution in [1.29, 1.82) is 0 Å². The molecule has 1 aromatic rings. The molecular formula is C15H21F3O2. The highest BCUT2D eigenvalue weighted by Gasteiger charge is 2.39. The number of phenols is 1. The minimum absolute atomic E-state index is 0.00157. The van der Waals surface area contributed by atoms with Gasteiger partial charge in [-0.2, -0.15) is 13.2 Å². The van der Waals surface area contributed by atoms with Crippen LogP contribution < -0.4 is 0 Å². The zero-order valence-electron chi connectivity index (χ0n) is 11.6. The molecule has 0 amide bonds. The minimum atomic E-state index is -4.33. The van der Waals surface area contributed by atoms with E-state index in [4.69, 9.17) is 9.84 Å². The van der Waals surface area contributed by atoms with Gasteiger partial charge in [-0.3, -0.25) is 0 Å². The number of hydrogen-bond acceptors (Lipinski definition) is 2. The van der Waals surface area contributed by atoms with Gasteiger partial charge < -0.3 is 9.84 Å². The van der Waals surface area contributed by atoms with Crippen LogP contribution >= 0.6 is 0 Å². The molecule has 0 spiro atoms. The highest BCUT2D eigenvalue weighted by Crippen LogP contribution is 2.28. The van der Waals surface area contributed by atoms with Gasteiger partial charge >= 0.3 is 6.18 Å². The molecule has 1 rings (SSSR count). The molecule has 0 saturated carbocycles. The Morgan fingerprint density at radius 1 is 1.10 bits per heavy atom. The van der Waals surface area contributed by atoms with Gasteiger partial charge in [0.05, 0.1) is 6.61 Å². The van der Waals surface area contributed by atoms with E-state index >= 15 is 0 Å². The van der Waals surface area contributed by atoms with E-state index in [2.05, 4.69) is 0 Å². The molecule has 2 nitrogen and oxygen atoms in total. The van der Waals surface area contributed by atoms with Crippen LogP contribution in [-0.2, 0) is 11.3 Å². The predicted octanol–water partition coefficient (Wildman–Crippen LogP) is 4.81. The van der Waals surface area contributed by atoms with Crippen molar-refractivity contribution in [2.75, 3.05) is 0 Å². The van der Waals surface area contributed by atoms with Crippen LogP contribution in [0, 0.1) is 0 Å². The van der Waals surface area contributed by atoms with Crippen molar-refractivity contribution in [2.45, 2.75) is 57.9 Å². The number of phenolic OH excluding ortho intramolecular Hbond substituents is 1. The van der Waals surface area contributed by atoms with Crippen LogP contribution in [0.4, 0.5) is 13.2 Å². The van der Waals surface area contributed by atoms with E-state index in [0.717, 1.165) is 19.3 Å². The molecule has 1 N–H and O–H groups in total. The molecule has 0 radical (unpaired) electrons. The van der Waals surface area contributed by atoms with E-state index in [1.165, 1.54) is 12.1 Å². The number of benzene rings is 1. The Morgan fingerprint density at radius 3 is 2.30 bits per heavy atom. The molecule has 0 aliphatic rings. The number of hydrogen-bond donors (Lipinski definition) is 1. The molecule has 1 atom stereocenters. The van der Waals surface area contributed by atoms with Crippen molar-refractivity contribution in [1.82, 2.24) is 0 Å². The van der Waals surface area contributed by atoms with E-state index in [-0.39, 0.29) is 18.8 Å². The van der Waals surface area contributed by atoms with Gasteiger partial charge in [0.2, 0.25) is 0 Å². The Labute approximate surface area is 117 Å². The largest absolute Gasteiger partial charge is 0.508 e. The van der Waals surface area contributed by atoms with Gasteiger partial charge in [-0.1, -0.05) is 44.7 Å². The third-order valence-corrected chi connectivity index (χ3v) is 3.07. The van der Waals surface area contributed by atoms with Crippen molar-refractivity contribution >= 4 is 0 Å². The number of ether oxygens (including phenoxy) is 1. The Bertz CT molecular complexity index is 374. The van der Waals surface area contributed by atoms with Gasteiger partial charge in [-0.25, -0.2) is 0 Å². The van der Waals surface area contributed by atoms with Crippen LogP contribution in [0.5, 0.6) is 5.75 Å². The summed E-state index contributed by atoms with van der Waals surface area (Å²) < 4.78 is 43.5. The molecule has 20 heavy (non-hydrogen) atoms. The summed E-state index contributed by atoms with van der Waals surface area (Å²) in [6, 6.07) is 5.98. The first-order valence-electron chi connectivity index (χ1n) is 6.89. The lowest BCUT2D eigenvalue weighted by molar-refractivity contribution is -0.225. The number of aromatic hydroxyl groups is 1. The monoisotopic (exact) mass is 290 g/mol. The molecular weight excluding hydrogens is 269 g/mol. The summed E-state index contributed by atoms with van der Waals surface area (Å²) in [5.41, 5.74) is 0.616. The Morgan fingerprint density at radius 2 is 1.75 bits per heavy atom. The van der Waals surface area contributed by atoms with Crippen molar-refractivity contribution < 1.29 is 23.0 Å². The number of rotatable bonds is 8. The van der Waals surface area contributed by atoms with Gasteiger partial charge in [-0.15, -0.1) is 0 Å². The topological polar surface area (TPSA) is 29.5 Å². The summed E-state index contributed by atoms with van der Waals surface area (Å²) in [6.45, 7) is 1.92.